The summed E-state index contributed by atoms with van der Waals surface area (Å²) in [6.45, 7) is 5.58. The Bertz CT molecular complexity index is 810. The summed E-state index contributed by atoms with van der Waals surface area (Å²) in [5.41, 5.74) is 0.848. The van der Waals surface area contributed by atoms with Crippen molar-refractivity contribution in [3.8, 4) is 5.75 Å². The molecule has 5 nitrogen and oxygen atoms in total. The van der Waals surface area contributed by atoms with Gasteiger partial charge in [0.1, 0.15) is 17.6 Å². The molecule has 2 aromatic carbocycles. The number of benzene rings is 2. The lowest BCUT2D eigenvalue weighted by molar-refractivity contribution is -0.143. The smallest absolute Gasteiger partial charge is 0.261 e. The molecule has 0 aliphatic rings. The molecule has 7 heteroatoms. The van der Waals surface area contributed by atoms with Gasteiger partial charge < -0.3 is 15.0 Å². The second-order valence-electron chi connectivity index (χ2n) is 6.98. The second-order valence-corrected chi connectivity index (χ2v) is 7.41. The van der Waals surface area contributed by atoms with Crippen molar-refractivity contribution in [1.29, 1.82) is 0 Å². The standard InChI is InChI=1S/C22H26ClFN2O3/c1-4-20(22(28)25-15(2)3)26(13-16-5-7-17(23)8-6-16)21(27)14-29-19-11-9-18(24)10-12-19/h5-12,15,20H,4,13-14H2,1-3H3,(H,25,28). The summed E-state index contributed by atoms with van der Waals surface area (Å²) in [4.78, 5) is 27.1. The number of hydrogen-bond acceptors (Lipinski definition) is 3. The fraction of sp³-hybridized carbons (Fsp3) is 0.364. The highest BCUT2D eigenvalue weighted by Crippen LogP contribution is 2.17. The summed E-state index contributed by atoms with van der Waals surface area (Å²) in [5.74, 6) is -0.558. The second kappa shape index (κ2) is 10.8. The van der Waals surface area contributed by atoms with Crippen molar-refractivity contribution in [1.82, 2.24) is 10.2 Å². The molecule has 156 valence electrons. The van der Waals surface area contributed by atoms with E-state index in [1.807, 2.05) is 32.9 Å². The number of nitrogens with one attached hydrogen (secondary N) is 1. The Balaban J connectivity index is 2.18. The third-order valence-electron chi connectivity index (χ3n) is 4.26. The van der Waals surface area contributed by atoms with E-state index in [0.29, 0.717) is 17.2 Å². The summed E-state index contributed by atoms with van der Waals surface area (Å²) in [6.07, 6.45) is 0.453. The van der Waals surface area contributed by atoms with Crippen LogP contribution in [-0.4, -0.2) is 35.4 Å². The normalized spacial score (nSPS) is 11.8. The molecule has 0 heterocycles. The van der Waals surface area contributed by atoms with Gasteiger partial charge in [0.2, 0.25) is 5.91 Å². The fourth-order valence-corrected chi connectivity index (χ4v) is 2.97. The maximum Gasteiger partial charge on any atom is 0.261 e. The van der Waals surface area contributed by atoms with Gasteiger partial charge >= 0.3 is 0 Å². The molecule has 0 radical (unpaired) electrons. The zero-order valence-corrected chi connectivity index (χ0v) is 17.6. The number of nitrogens with zero attached hydrogens (tertiary/aromatic N) is 1. The first-order chi connectivity index (χ1) is 13.8. The minimum atomic E-state index is -0.641. The number of carbonyl (C=O) groups excluding carboxylic acids is 2. The van der Waals surface area contributed by atoms with Gasteiger partial charge in [-0.1, -0.05) is 30.7 Å². The monoisotopic (exact) mass is 420 g/mol. The Morgan fingerprint density at radius 3 is 2.28 bits per heavy atom. The van der Waals surface area contributed by atoms with E-state index in [1.54, 1.807) is 12.1 Å². The van der Waals surface area contributed by atoms with Crippen molar-refractivity contribution < 1.29 is 18.7 Å². The molecule has 0 aliphatic carbocycles. The summed E-state index contributed by atoms with van der Waals surface area (Å²) in [6, 6.07) is 11.9. The topological polar surface area (TPSA) is 58.6 Å². The zero-order chi connectivity index (χ0) is 21.4. The fourth-order valence-electron chi connectivity index (χ4n) is 2.85. The first-order valence-electron chi connectivity index (χ1n) is 9.52. The predicted octanol–water partition coefficient (Wildman–Crippen LogP) is 4.19. The van der Waals surface area contributed by atoms with E-state index in [9.17, 15) is 14.0 Å². The number of hydrogen-bond donors (Lipinski definition) is 1. The van der Waals surface area contributed by atoms with Crippen LogP contribution in [0.3, 0.4) is 0 Å². The van der Waals surface area contributed by atoms with Gasteiger partial charge in [0.25, 0.3) is 5.91 Å². The van der Waals surface area contributed by atoms with Gasteiger partial charge in [0.15, 0.2) is 6.61 Å². The molecule has 29 heavy (non-hydrogen) atoms. The minimum Gasteiger partial charge on any atom is -0.484 e. The molecule has 1 unspecified atom stereocenters. The Morgan fingerprint density at radius 1 is 1.10 bits per heavy atom. The van der Waals surface area contributed by atoms with Crippen LogP contribution in [0.5, 0.6) is 5.75 Å². The van der Waals surface area contributed by atoms with Crippen molar-refractivity contribution in [2.24, 2.45) is 0 Å². The van der Waals surface area contributed by atoms with Crippen molar-refractivity contribution in [2.45, 2.75) is 45.8 Å². The third kappa shape index (κ3) is 7.06. The molecule has 0 aromatic heterocycles. The maximum atomic E-state index is 13.0. The van der Waals surface area contributed by atoms with Crippen LogP contribution in [0.25, 0.3) is 0 Å². The molecule has 1 N–H and O–H groups in total. The Hall–Kier alpha value is -2.60. The predicted molar refractivity (Wildman–Crippen MR) is 111 cm³/mol. The molecule has 2 aromatic rings. The van der Waals surface area contributed by atoms with Gasteiger partial charge in [-0.2, -0.15) is 0 Å². The Kier molecular flexibility index (Phi) is 8.46. The zero-order valence-electron chi connectivity index (χ0n) is 16.8. The van der Waals surface area contributed by atoms with Crippen LogP contribution in [-0.2, 0) is 16.1 Å². The van der Waals surface area contributed by atoms with Gasteiger partial charge in [-0.05, 0) is 62.2 Å². The summed E-state index contributed by atoms with van der Waals surface area (Å²) in [7, 11) is 0. The minimum absolute atomic E-state index is 0.0421. The van der Waals surface area contributed by atoms with Crippen LogP contribution < -0.4 is 10.1 Å². The lowest BCUT2D eigenvalue weighted by Crippen LogP contribution is -2.51. The average Bonchev–Trinajstić information content (AvgIpc) is 2.68. The van der Waals surface area contributed by atoms with E-state index < -0.39 is 6.04 Å². The van der Waals surface area contributed by atoms with Crippen LogP contribution in [0.1, 0.15) is 32.8 Å². The number of rotatable bonds is 9. The highest BCUT2D eigenvalue weighted by Gasteiger charge is 2.29. The maximum absolute atomic E-state index is 13.0. The molecule has 0 aliphatic heterocycles. The number of ether oxygens (including phenoxy) is 1. The lowest BCUT2D eigenvalue weighted by Gasteiger charge is -2.31. The number of carbonyl (C=O) groups is 2. The largest absolute Gasteiger partial charge is 0.484 e. The van der Waals surface area contributed by atoms with E-state index in [1.165, 1.54) is 29.2 Å². The Morgan fingerprint density at radius 2 is 1.72 bits per heavy atom. The summed E-state index contributed by atoms with van der Waals surface area (Å²) >= 11 is 5.95. The van der Waals surface area contributed by atoms with Crippen LogP contribution >= 0.6 is 11.6 Å². The molecule has 0 bridgehead atoms. The van der Waals surface area contributed by atoms with E-state index in [4.69, 9.17) is 16.3 Å². The summed E-state index contributed by atoms with van der Waals surface area (Å²) < 4.78 is 18.5. The molecule has 0 spiro atoms. The molecule has 0 saturated carbocycles. The van der Waals surface area contributed by atoms with Crippen molar-refractivity contribution in [3.63, 3.8) is 0 Å². The molecular weight excluding hydrogens is 395 g/mol. The van der Waals surface area contributed by atoms with Gasteiger partial charge in [0.05, 0.1) is 0 Å². The van der Waals surface area contributed by atoms with Gasteiger partial charge in [-0.25, -0.2) is 4.39 Å². The van der Waals surface area contributed by atoms with Crippen molar-refractivity contribution >= 4 is 23.4 Å². The average molecular weight is 421 g/mol. The van der Waals surface area contributed by atoms with E-state index >= 15 is 0 Å². The van der Waals surface area contributed by atoms with Crippen LogP contribution in [0.15, 0.2) is 48.5 Å². The third-order valence-corrected chi connectivity index (χ3v) is 4.51. The van der Waals surface area contributed by atoms with Crippen molar-refractivity contribution in [3.05, 3.63) is 64.9 Å². The number of halogens is 2. The van der Waals surface area contributed by atoms with Crippen LogP contribution in [0, 0.1) is 5.82 Å². The highest BCUT2D eigenvalue weighted by atomic mass is 35.5. The molecule has 2 rings (SSSR count). The lowest BCUT2D eigenvalue weighted by atomic mass is 10.1. The van der Waals surface area contributed by atoms with Gasteiger partial charge in [-0.3, -0.25) is 9.59 Å². The van der Waals surface area contributed by atoms with Gasteiger partial charge in [0, 0.05) is 17.6 Å². The molecular formula is C22H26ClFN2O3. The van der Waals surface area contributed by atoms with Crippen molar-refractivity contribution in [2.75, 3.05) is 6.61 Å². The summed E-state index contributed by atoms with van der Waals surface area (Å²) in [5, 5.41) is 3.46. The van der Waals surface area contributed by atoms with Crippen LogP contribution in [0.2, 0.25) is 5.02 Å². The van der Waals surface area contributed by atoms with Crippen LogP contribution in [0.4, 0.5) is 4.39 Å². The SMILES string of the molecule is CCC(C(=O)NC(C)C)N(Cc1ccc(Cl)cc1)C(=O)COc1ccc(F)cc1. The first kappa shape index (κ1) is 22.7. The molecule has 1 atom stereocenters. The van der Waals surface area contributed by atoms with Gasteiger partial charge in [-0.15, -0.1) is 0 Å². The van der Waals surface area contributed by atoms with E-state index in [0.717, 1.165) is 5.56 Å². The molecule has 0 fully saturated rings. The van der Waals surface area contributed by atoms with E-state index in [2.05, 4.69) is 5.32 Å². The van der Waals surface area contributed by atoms with E-state index in [-0.39, 0.29) is 36.8 Å². The first-order valence-corrected chi connectivity index (χ1v) is 9.90. The Labute approximate surface area is 175 Å². The highest BCUT2D eigenvalue weighted by molar-refractivity contribution is 6.30. The number of amides is 2. The quantitative estimate of drug-likeness (QED) is 0.661. The molecule has 0 saturated heterocycles. The molecule has 2 amide bonds.